The third kappa shape index (κ3) is 4.60. The number of benzene rings is 2. The zero-order chi connectivity index (χ0) is 20.2. The standard InChI is InChI=1S/C21H19BrN2O5/c22-16-4-2-15(3-5-16)20(25)23-17(21(26)24-7-9-27-10-8-24)11-14-1-6-18-19(12-14)29-13-28-18/h1-6,11-12H,7-10,13H2,(H,23,25)/b17-11+. The summed E-state index contributed by atoms with van der Waals surface area (Å²) >= 11 is 3.35. The van der Waals surface area contributed by atoms with Crippen molar-refractivity contribution >= 4 is 33.8 Å². The van der Waals surface area contributed by atoms with Crippen LogP contribution in [0.25, 0.3) is 6.08 Å². The maximum atomic E-state index is 13.1. The van der Waals surface area contributed by atoms with Gasteiger partial charge in [0.05, 0.1) is 13.2 Å². The summed E-state index contributed by atoms with van der Waals surface area (Å²) in [4.78, 5) is 27.5. The summed E-state index contributed by atoms with van der Waals surface area (Å²) in [5, 5.41) is 2.77. The molecule has 2 aromatic rings. The fraction of sp³-hybridized carbons (Fsp3) is 0.238. The number of amides is 2. The molecule has 0 aromatic heterocycles. The van der Waals surface area contributed by atoms with Gasteiger partial charge in [-0.3, -0.25) is 9.59 Å². The van der Waals surface area contributed by atoms with E-state index < -0.39 is 0 Å². The van der Waals surface area contributed by atoms with Crippen LogP contribution >= 0.6 is 15.9 Å². The minimum Gasteiger partial charge on any atom is -0.454 e. The molecule has 0 aliphatic carbocycles. The van der Waals surface area contributed by atoms with Crippen LogP contribution in [0.2, 0.25) is 0 Å². The van der Waals surface area contributed by atoms with E-state index in [1.54, 1.807) is 47.4 Å². The van der Waals surface area contributed by atoms with Gasteiger partial charge in [0, 0.05) is 23.1 Å². The van der Waals surface area contributed by atoms with E-state index in [0.717, 1.165) is 10.0 Å². The molecule has 2 aliphatic heterocycles. The highest BCUT2D eigenvalue weighted by atomic mass is 79.9. The molecule has 8 heteroatoms. The summed E-state index contributed by atoms with van der Waals surface area (Å²) in [6.07, 6.45) is 1.65. The number of halogens is 1. The van der Waals surface area contributed by atoms with Crippen LogP contribution in [-0.4, -0.2) is 49.8 Å². The largest absolute Gasteiger partial charge is 0.454 e. The van der Waals surface area contributed by atoms with Crippen molar-refractivity contribution in [3.8, 4) is 11.5 Å². The van der Waals surface area contributed by atoms with Gasteiger partial charge in [0.15, 0.2) is 11.5 Å². The normalized spacial score (nSPS) is 15.9. The van der Waals surface area contributed by atoms with Crippen molar-refractivity contribution in [1.82, 2.24) is 10.2 Å². The molecule has 2 aromatic carbocycles. The van der Waals surface area contributed by atoms with E-state index in [4.69, 9.17) is 14.2 Å². The summed E-state index contributed by atoms with van der Waals surface area (Å²) in [6, 6.07) is 12.3. The molecule has 0 radical (unpaired) electrons. The van der Waals surface area contributed by atoms with Crippen LogP contribution in [0.4, 0.5) is 0 Å². The number of carbonyl (C=O) groups is 2. The first-order chi connectivity index (χ1) is 14.1. The van der Waals surface area contributed by atoms with Crippen molar-refractivity contribution < 1.29 is 23.8 Å². The van der Waals surface area contributed by atoms with Gasteiger partial charge in [-0.15, -0.1) is 0 Å². The maximum Gasteiger partial charge on any atom is 0.270 e. The van der Waals surface area contributed by atoms with Crippen molar-refractivity contribution in [1.29, 1.82) is 0 Å². The second-order valence-electron chi connectivity index (χ2n) is 6.54. The van der Waals surface area contributed by atoms with Gasteiger partial charge in [-0.05, 0) is 48.0 Å². The number of rotatable bonds is 4. The van der Waals surface area contributed by atoms with Crippen LogP contribution in [0, 0.1) is 0 Å². The third-order valence-electron chi connectivity index (χ3n) is 4.59. The van der Waals surface area contributed by atoms with Crippen LogP contribution in [0.3, 0.4) is 0 Å². The molecular formula is C21H19BrN2O5. The fourth-order valence-corrected chi connectivity index (χ4v) is 3.32. The summed E-state index contributed by atoms with van der Waals surface area (Å²) < 4.78 is 16.9. The highest BCUT2D eigenvalue weighted by Gasteiger charge is 2.23. The van der Waals surface area contributed by atoms with E-state index in [0.29, 0.717) is 43.4 Å². The Labute approximate surface area is 176 Å². The van der Waals surface area contributed by atoms with Crippen LogP contribution in [0.15, 0.2) is 52.6 Å². The first-order valence-corrected chi connectivity index (χ1v) is 9.95. The molecule has 0 spiro atoms. The molecule has 0 saturated carbocycles. The van der Waals surface area contributed by atoms with Crippen molar-refractivity contribution in [2.24, 2.45) is 0 Å². The van der Waals surface area contributed by atoms with Gasteiger partial charge < -0.3 is 24.4 Å². The molecule has 29 heavy (non-hydrogen) atoms. The van der Waals surface area contributed by atoms with Crippen molar-refractivity contribution in [2.45, 2.75) is 0 Å². The number of fused-ring (bicyclic) bond motifs is 1. The molecule has 0 unspecified atom stereocenters. The molecule has 2 amide bonds. The minimum atomic E-state index is -0.355. The van der Waals surface area contributed by atoms with Crippen LogP contribution < -0.4 is 14.8 Å². The number of ether oxygens (including phenoxy) is 3. The Kier molecular flexibility index (Phi) is 5.82. The average Bonchev–Trinajstić information content (AvgIpc) is 3.21. The van der Waals surface area contributed by atoms with E-state index in [9.17, 15) is 9.59 Å². The van der Waals surface area contributed by atoms with E-state index >= 15 is 0 Å². The first-order valence-electron chi connectivity index (χ1n) is 9.15. The number of carbonyl (C=O) groups excluding carboxylic acids is 2. The average molecular weight is 459 g/mol. The molecule has 150 valence electrons. The molecule has 1 fully saturated rings. The van der Waals surface area contributed by atoms with Crippen LogP contribution in [0.1, 0.15) is 15.9 Å². The topological polar surface area (TPSA) is 77.1 Å². The van der Waals surface area contributed by atoms with Gasteiger partial charge in [0.2, 0.25) is 6.79 Å². The predicted octanol–water partition coefficient (Wildman–Crippen LogP) is 2.81. The van der Waals surface area contributed by atoms with Crippen molar-refractivity contribution in [3.05, 3.63) is 63.8 Å². The van der Waals surface area contributed by atoms with Gasteiger partial charge >= 0.3 is 0 Å². The molecule has 4 rings (SSSR count). The lowest BCUT2D eigenvalue weighted by molar-refractivity contribution is -0.131. The fourth-order valence-electron chi connectivity index (χ4n) is 3.05. The van der Waals surface area contributed by atoms with E-state index in [1.165, 1.54) is 0 Å². The monoisotopic (exact) mass is 458 g/mol. The molecule has 0 bridgehead atoms. The van der Waals surface area contributed by atoms with E-state index in [1.807, 2.05) is 6.07 Å². The smallest absolute Gasteiger partial charge is 0.270 e. The molecule has 0 atom stereocenters. The Morgan fingerprint density at radius 2 is 1.72 bits per heavy atom. The molecule has 2 heterocycles. The first kappa shape index (κ1) is 19.5. The van der Waals surface area contributed by atoms with Crippen LogP contribution in [-0.2, 0) is 9.53 Å². The van der Waals surface area contributed by atoms with Crippen LogP contribution in [0.5, 0.6) is 11.5 Å². The quantitative estimate of drug-likeness (QED) is 0.712. The van der Waals surface area contributed by atoms with Crippen molar-refractivity contribution in [3.63, 3.8) is 0 Å². The summed E-state index contributed by atoms with van der Waals surface area (Å²) in [7, 11) is 0. The van der Waals surface area contributed by atoms with E-state index in [2.05, 4.69) is 21.2 Å². The lowest BCUT2D eigenvalue weighted by atomic mass is 10.1. The summed E-state index contributed by atoms with van der Waals surface area (Å²) in [6.45, 7) is 2.08. The number of nitrogens with one attached hydrogen (secondary N) is 1. The minimum absolute atomic E-state index is 0.169. The Hall–Kier alpha value is -2.84. The Morgan fingerprint density at radius 3 is 2.48 bits per heavy atom. The number of hydrogen-bond donors (Lipinski definition) is 1. The highest BCUT2D eigenvalue weighted by molar-refractivity contribution is 9.10. The SMILES string of the molecule is O=C(N/C(=C/c1ccc2c(c1)OCO2)C(=O)N1CCOCC1)c1ccc(Br)cc1. The number of hydrogen-bond acceptors (Lipinski definition) is 5. The lowest BCUT2D eigenvalue weighted by Crippen LogP contribution is -2.44. The maximum absolute atomic E-state index is 13.1. The Balaban J connectivity index is 1.62. The van der Waals surface area contributed by atoms with Gasteiger partial charge in [0.25, 0.3) is 11.8 Å². The van der Waals surface area contributed by atoms with Gasteiger partial charge in [-0.25, -0.2) is 0 Å². The molecule has 1 N–H and O–H groups in total. The number of morpholine rings is 1. The Morgan fingerprint density at radius 1 is 1.00 bits per heavy atom. The molecule has 2 aliphatic rings. The molecular weight excluding hydrogens is 440 g/mol. The molecule has 7 nitrogen and oxygen atoms in total. The summed E-state index contributed by atoms with van der Waals surface area (Å²) in [5.74, 6) is 0.654. The van der Waals surface area contributed by atoms with Gasteiger partial charge in [0.1, 0.15) is 5.70 Å². The third-order valence-corrected chi connectivity index (χ3v) is 5.12. The second kappa shape index (κ2) is 8.67. The zero-order valence-electron chi connectivity index (χ0n) is 15.5. The van der Waals surface area contributed by atoms with E-state index in [-0.39, 0.29) is 24.3 Å². The summed E-state index contributed by atoms with van der Waals surface area (Å²) in [5.41, 5.74) is 1.38. The zero-order valence-corrected chi connectivity index (χ0v) is 17.1. The Bertz CT molecular complexity index is 952. The van der Waals surface area contributed by atoms with Gasteiger partial charge in [-0.2, -0.15) is 0 Å². The lowest BCUT2D eigenvalue weighted by Gasteiger charge is -2.27. The highest BCUT2D eigenvalue weighted by Crippen LogP contribution is 2.33. The van der Waals surface area contributed by atoms with Gasteiger partial charge in [-0.1, -0.05) is 22.0 Å². The molecule has 1 saturated heterocycles. The second-order valence-corrected chi connectivity index (χ2v) is 7.45. The van der Waals surface area contributed by atoms with Crippen molar-refractivity contribution in [2.75, 3.05) is 33.1 Å². The predicted molar refractivity (Wildman–Crippen MR) is 110 cm³/mol. The number of nitrogens with zero attached hydrogens (tertiary/aromatic N) is 1.